The van der Waals surface area contributed by atoms with Crippen LogP contribution in [0.1, 0.15) is 65.2 Å². The van der Waals surface area contributed by atoms with Crippen molar-refractivity contribution in [3.63, 3.8) is 0 Å². The second kappa shape index (κ2) is 5.67. The van der Waals surface area contributed by atoms with Gasteiger partial charge in [0.1, 0.15) is 5.78 Å². The molecular weight excluding hydrogens is 298 g/mol. The van der Waals surface area contributed by atoms with Crippen molar-refractivity contribution in [2.75, 3.05) is 6.54 Å². The summed E-state index contributed by atoms with van der Waals surface area (Å²) in [4.78, 5) is 12.6. The standard InChI is InChI=1S/C21H33NO2/c1-20-8-5-15(23)12-14(20)11-13(7-10-22)19-16-3-4-18(24)21(16,2)9-6-17(19)20/h12-13,15-17,19,23H,3-11,22H2,1-2H3/t13?,15?,16?,17?,19?,20-,21-/m0/s1. The summed E-state index contributed by atoms with van der Waals surface area (Å²) in [7, 11) is 0. The molecule has 7 atom stereocenters. The van der Waals surface area contributed by atoms with Crippen LogP contribution in [-0.2, 0) is 4.79 Å². The molecule has 0 amide bonds. The van der Waals surface area contributed by atoms with Crippen molar-refractivity contribution in [1.29, 1.82) is 0 Å². The Hall–Kier alpha value is -0.670. The van der Waals surface area contributed by atoms with E-state index in [-0.39, 0.29) is 16.9 Å². The lowest BCUT2D eigenvalue weighted by Gasteiger charge is -2.60. The van der Waals surface area contributed by atoms with Crippen molar-refractivity contribution in [2.45, 2.75) is 71.3 Å². The molecule has 134 valence electrons. The predicted octanol–water partition coefficient (Wildman–Crippen LogP) is 3.45. The fourth-order valence-corrected chi connectivity index (χ4v) is 7.13. The van der Waals surface area contributed by atoms with E-state index in [2.05, 4.69) is 19.9 Å². The summed E-state index contributed by atoms with van der Waals surface area (Å²) in [5.41, 5.74) is 7.63. The zero-order valence-electron chi connectivity index (χ0n) is 15.3. The third-order valence-corrected chi connectivity index (χ3v) is 8.51. The molecule has 0 spiro atoms. The Morgan fingerprint density at radius 2 is 1.88 bits per heavy atom. The van der Waals surface area contributed by atoms with Crippen LogP contribution >= 0.6 is 0 Å². The Morgan fingerprint density at radius 1 is 1.17 bits per heavy atom. The summed E-state index contributed by atoms with van der Waals surface area (Å²) >= 11 is 0. The van der Waals surface area contributed by atoms with Gasteiger partial charge in [-0.3, -0.25) is 4.79 Å². The molecule has 4 aliphatic rings. The molecule has 24 heavy (non-hydrogen) atoms. The average Bonchev–Trinajstić information content (AvgIpc) is 2.85. The quantitative estimate of drug-likeness (QED) is 0.762. The first-order valence-corrected chi connectivity index (χ1v) is 10.0. The number of fused-ring (bicyclic) bond motifs is 5. The van der Waals surface area contributed by atoms with E-state index < -0.39 is 0 Å². The molecule has 0 aromatic heterocycles. The van der Waals surface area contributed by atoms with Gasteiger partial charge in [0.25, 0.3) is 0 Å². The van der Waals surface area contributed by atoms with E-state index in [0.29, 0.717) is 29.5 Å². The van der Waals surface area contributed by atoms with E-state index in [1.165, 1.54) is 12.0 Å². The van der Waals surface area contributed by atoms with Crippen LogP contribution < -0.4 is 5.73 Å². The number of allylic oxidation sites excluding steroid dienone is 1. The zero-order chi connectivity index (χ0) is 17.1. The maximum Gasteiger partial charge on any atom is 0.139 e. The number of carbonyl (C=O) groups excluding carboxylic acids is 1. The molecule has 0 radical (unpaired) electrons. The molecular formula is C21H33NO2. The molecule has 0 bridgehead atoms. The lowest BCUT2D eigenvalue weighted by molar-refractivity contribution is -0.135. The van der Waals surface area contributed by atoms with Gasteiger partial charge in [0.15, 0.2) is 0 Å². The second-order valence-corrected chi connectivity index (χ2v) is 9.47. The molecule has 5 unspecified atom stereocenters. The van der Waals surface area contributed by atoms with Crippen molar-refractivity contribution < 1.29 is 9.90 Å². The molecule has 3 fully saturated rings. The van der Waals surface area contributed by atoms with Gasteiger partial charge in [-0.05, 0) is 80.6 Å². The van der Waals surface area contributed by atoms with Crippen LogP contribution in [-0.4, -0.2) is 23.5 Å². The maximum atomic E-state index is 12.6. The number of nitrogens with two attached hydrogens (primary N) is 1. The Kier molecular flexibility index (Phi) is 3.96. The molecule has 4 rings (SSSR count). The third-order valence-electron chi connectivity index (χ3n) is 8.51. The number of hydrogen-bond acceptors (Lipinski definition) is 3. The number of Topliss-reactive ketones (excluding diaryl/α,β-unsaturated/α-hetero) is 1. The van der Waals surface area contributed by atoms with Crippen molar-refractivity contribution in [3.8, 4) is 0 Å². The summed E-state index contributed by atoms with van der Waals surface area (Å²) in [5, 5.41) is 10.2. The fourth-order valence-electron chi connectivity index (χ4n) is 7.13. The first-order valence-electron chi connectivity index (χ1n) is 10.0. The molecule has 3 nitrogen and oxygen atoms in total. The van der Waals surface area contributed by atoms with Crippen LogP contribution in [0.2, 0.25) is 0 Å². The number of ketones is 1. The van der Waals surface area contributed by atoms with E-state index >= 15 is 0 Å². The predicted molar refractivity (Wildman–Crippen MR) is 95.3 cm³/mol. The number of aliphatic hydroxyl groups excluding tert-OH is 1. The molecule has 0 aromatic rings. The van der Waals surface area contributed by atoms with Crippen molar-refractivity contribution >= 4 is 5.78 Å². The Morgan fingerprint density at radius 3 is 2.62 bits per heavy atom. The van der Waals surface area contributed by atoms with Crippen LogP contribution in [0.4, 0.5) is 0 Å². The van der Waals surface area contributed by atoms with Crippen molar-refractivity contribution in [3.05, 3.63) is 11.6 Å². The highest BCUT2D eigenvalue weighted by atomic mass is 16.3. The second-order valence-electron chi connectivity index (χ2n) is 9.47. The van der Waals surface area contributed by atoms with Crippen LogP contribution in [0.15, 0.2) is 11.6 Å². The molecule has 3 saturated carbocycles. The van der Waals surface area contributed by atoms with Gasteiger partial charge in [-0.25, -0.2) is 0 Å². The minimum Gasteiger partial charge on any atom is -0.389 e. The summed E-state index contributed by atoms with van der Waals surface area (Å²) in [6.07, 6.45) is 10.2. The zero-order valence-corrected chi connectivity index (χ0v) is 15.3. The highest BCUT2D eigenvalue weighted by Gasteiger charge is 2.60. The van der Waals surface area contributed by atoms with Crippen LogP contribution in [0.3, 0.4) is 0 Å². The van der Waals surface area contributed by atoms with E-state index in [1.54, 1.807) is 0 Å². The highest BCUT2D eigenvalue weighted by Crippen LogP contribution is 2.66. The molecule has 3 N–H and O–H groups in total. The fraction of sp³-hybridized carbons (Fsp3) is 0.857. The maximum absolute atomic E-state index is 12.6. The van der Waals surface area contributed by atoms with Gasteiger partial charge in [-0.2, -0.15) is 0 Å². The molecule has 0 saturated heterocycles. The van der Waals surface area contributed by atoms with Gasteiger partial charge in [0.2, 0.25) is 0 Å². The molecule has 3 heteroatoms. The SMILES string of the molecule is C[C@]12CCC(O)C=C1CC(CCN)C1C2CC[C@]2(C)C(=O)CCC12. The molecule has 0 aromatic carbocycles. The first kappa shape index (κ1) is 16.8. The summed E-state index contributed by atoms with van der Waals surface area (Å²) < 4.78 is 0. The van der Waals surface area contributed by atoms with Gasteiger partial charge in [-0.15, -0.1) is 0 Å². The highest BCUT2D eigenvalue weighted by molar-refractivity contribution is 5.87. The Labute approximate surface area is 146 Å². The summed E-state index contributed by atoms with van der Waals surface area (Å²) in [6, 6.07) is 0. The third kappa shape index (κ3) is 2.20. The lowest BCUT2D eigenvalue weighted by Crippen LogP contribution is -2.54. The smallest absolute Gasteiger partial charge is 0.139 e. The number of hydrogen-bond donors (Lipinski definition) is 2. The summed E-state index contributed by atoms with van der Waals surface area (Å²) in [5.74, 6) is 3.00. The average molecular weight is 332 g/mol. The van der Waals surface area contributed by atoms with Gasteiger partial charge in [0.05, 0.1) is 6.10 Å². The minimum absolute atomic E-state index is 0.0697. The van der Waals surface area contributed by atoms with E-state index in [1.807, 2.05) is 0 Å². The Balaban J connectivity index is 1.75. The molecule has 0 aliphatic heterocycles. The normalized spacial score (nSPS) is 50.8. The number of rotatable bonds is 2. The van der Waals surface area contributed by atoms with Gasteiger partial charge in [0, 0.05) is 11.8 Å². The monoisotopic (exact) mass is 331 g/mol. The molecule has 4 aliphatic carbocycles. The number of aliphatic hydroxyl groups is 1. The van der Waals surface area contributed by atoms with Crippen molar-refractivity contribution in [1.82, 2.24) is 0 Å². The van der Waals surface area contributed by atoms with Crippen LogP contribution in [0.5, 0.6) is 0 Å². The molecule has 0 heterocycles. The minimum atomic E-state index is -0.259. The van der Waals surface area contributed by atoms with Crippen molar-refractivity contribution in [2.24, 2.45) is 40.2 Å². The summed E-state index contributed by atoms with van der Waals surface area (Å²) in [6.45, 7) is 5.43. The van der Waals surface area contributed by atoms with E-state index in [0.717, 1.165) is 51.5 Å². The topological polar surface area (TPSA) is 63.3 Å². The largest absolute Gasteiger partial charge is 0.389 e. The lowest BCUT2D eigenvalue weighted by atomic mass is 9.44. The van der Waals surface area contributed by atoms with Gasteiger partial charge in [-0.1, -0.05) is 25.5 Å². The number of carbonyl (C=O) groups is 1. The van der Waals surface area contributed by atoms with Gasteiger partial charge >= 0.3 is 0 Å². The van der Waals surface area contributed by atoms with Crippen LogP contribution in [0.25, 0.3) is 0 Å². The Bertz CT molecular complexity index is 570. The van der Waals surface area contributed by atoms with Crippen LogP contribution in [0, 0.1) is 34.5 Å². The van der Waals surface area contributed by atoms with E-state index in [9.17, 15) is 9.90 Å². The van der Waals surface area contributed by atoms with E-state index in [4.69, 9.17) is 5.73 Å². The first-order chi connectivity index (χ1) is 11.4. The van der Waals surface area contributed by atoms with Gasteiger partial charge < -0.3 is 10.8 Å².